The number of hydrogen-bond donors (Lipinski definition) is 3. The Hall–Kier alpha value is -5.24. The highest BCUT2D eigenvalue weighted by Crippen LogP contribution is 2.41. The minimum Gasteiger partial charge on any atom is -0.386 e. The van der Waals surface area contributed by atoms with Crippen molar-refractivity contribution in [2.24, 2.45) is 11.8 Å². The third kappa shape index (κ3) is 7.60. The lowest BCUT2D eigenvalue weighted by Gasteiger charge is -2.36. The monoisotopic (exact) mass is 814 g/mol. The highest BCUT2D eigenvalue weighted by Gasteiger charge is 2.45. The largest absolute Gasteiger partial charge is 0.386 e. The molecule has 1 unspecified atom stereocenters. The van der Waals surface area contributed by atoms with Crippen LogP contribution in [0.2, 0.25) is 0 Å². The number of rotatable bonds is 10. The number of carbonyl (C=O) groups excluding carboxylic acids is 4. The number of likely N-dealkylation sites (tertiary alicyclic amines) is 1. The van der Waals surface area contributed by atoms with Gasteiger partial charge >= 0.3 is 0 Å². The van der Waals surface area contributed by atoms with Crippen LogP contribution in [0.1, 0.15) is 109 Å². The van der Waals surface area contributed by atoms with E-state index in [-0.39, 0.29) is 18.4 Å². The number of anilines is 1. The van der Waals surface area contributed by atoms with Gasteiger partial charge in [-0.25, -0.2) is 4.98 Å². The van der Waals surface area contributed by atoms with Crippen LogP contribution in [0, 0.1) is 11.8 Å². The van der Waals surface area contributed by atoms with Crippen molar-refractivity contribution in [1.29, 1.82) is 0 Å². The maximum Gasteiger partial charge on any atom is 0.264 e. The molecule has 1 saturated carbocycles. The Balaban J connectivity index is 0.770. The number of thiazole rings is 1. The van der Waals surface area contributed by atoms with Crippen molar-refractivity contribution in [2.45, 2.75) is 89.2 Å². The number of carbonyl (C=O) groups is 4. The third-order valence-corrected chi connectivity index (χ3v) is 14.2. The van der Waals surface area contributed by atoms with Crippen LogP contribution < -0.4 is 16.2 Å². The van der Waals surface area contributed by atoms with Crippen molar-refractivity contribution < 1.29 is 24.3 Å². The zero-order chi connectivity index (χ0) is 41.0. The number of hydrogen-bond acceptors (Lipinski definition) is 10. The lowest BCUT2D eigenvalue weighted by Crippen LogP contribution is -2.54. The number of benzene rings is 3. The first-order valence-corrected chi connectivity index (χ1v) is 21.8. The Morgan fingerprint density at radius 2 is 1.66 bits per heavy atom. The highest BCUT2D eigenvalue weighted by atomic mass is 32.1. The number of piperidine rings is 2. The maximum absolute atomic E-state index is 13.6. The molecule has 4 aliphatic rings. The first-order chi connectivity index (χ1) is 28.4. The fraction of sp³-hybridized carbons (Fsp3) is 0.435. The summed E-state index contributed by atoms with van der Waals surface area (Å²) < 4.78 is 2.68. The normalized spacial score (nSPS) is 22.0. The van der Waals surface area contributed by atoms with E-state index in [9.17, 15) is 29.1 Å². The topological polar surface area (TPSA) is 154 Å². The van der Waals surface area contributed by atoms with Gasteiger partial charge in [-0.1, -0.05) is 24.3 Å². The van der Waals surface area contributed by atoms with Crippen molar-refractivity contribution in [3.8, 4) is 5.69 Å². The number of fused-ring (bicyclic) bond motifs is 3. The summed E-state index contributed by atoms with van der Waals surface area (Å²) in [5, 5.41) is 19.6. The van der Waals surface area contributed by atoms with Gasteiger partial charge in [-0.3, -0.25) is 38.8 Å². The summed E-state index contributed by atoms with van der Waals surface area (Å²) in [7, 11) is 0. The molecule has 9 rings (SSSR count). The molecule has 1 aliphatic carbocycles. The van der Waals surface area contributed by atoms with Crippen molar-refractivity contribution in [3.05, 3.63) is 98.9 Å². The molecule has 5 aromatic rings. The second-order valence-corrected chi connectivity index (χ2v) is 18.4. The second kappa shape index (κ2) is 15.7. The molecular formula is C46H50N6O6S. The van der Waals surface area contributed by atoms with Crippen molar-refractivity contribution in [1.82, 2.24) is 24.7 Å². The van der Waals surface area contributed by atoms with E-state index >= 15 is 0 Å². The van der Waals surface area contributed by atoms with Gasteiger partial charge in [0.15, 0.2) is 0 Å². The third-order valence-electron chi connectivity index (χ3n) is 13.0. The van der Waals surface area contributed by atoms with Crippen LogP contribution >= 0.6 is 11.3 Å². The van der Waals surface area contributed by atoms with Crippen molar-refractivity contribution in [2.75, 3.05) is 31.5 Å². The minimum absolute atomic E-state index is 0.0916. The average Bonchev–Trinajstić information content (AvgIpc) is 3.76. The fourth-order valence-corrected chi connectivity index (χ4v) is 10.9. The molecular weight excluding hydrogens is 765 g/mol. The molecule has 12 nitrogen and oxygen atoms in total. The Bertz CT molecular complexity index is 2540. The molecule has 3 N–H and O–H groups in total. The Labute approximate surface area is 346 Å². The summed E-state index contributed by atoms with van der Waals surface area (Å²) in [6.45, 7) is 7.45. The highest BCUT2D eigenvalue weighted by molar-refractivity contribution is 7.18. The van der Waals surface area contributed by atoms with Gasteiger partial charge in [0.1, 0.15) is 6.04 Å². The predicted octanol–water partition coefficient (Wildman–Crippen LogP) is 6.72. The zero-order valence-electron chi connectivity index (χ0n) is 33.5. The van der Waals surface area contributed by atoms with Crippen molar-refractivity contribution in [3.63, 3.8) is 0 Å². The molecule has 3 fully saturated rings. The van der Waals surface area contributed by atoms with Crippen LogP contribution in [-0.2, 0) is 15.2 Å². The van der Waals surface area contributed by atoms with Crippen LogP contribution in [-0.4, -0.2) is 80.3 Å². The molecule has 4 amide bonds. The Morgan fingerprint density at radius 3 is 2.42 bits per heavy atom. The number of pyridine rings is 1. The molecule has 0 spiro atoms. The first-order valence-electron chi connectivity index (χ1n) is 21.0. The lowest BCUT2D eigenvalue weighted by atomic mass is 9.81. The fourth-order valence-electron chi connectivity index (χ4n) is 9.71. The Kier molecular flexibility index (Phi) is 10.5. The van der Waals surface area contributed by atoms with Gasteiger partial charge in [-0.2, -0.15) is 0 Å². The predicted molar refractivity (Wildman–Crippen MR) is 228 cm³/mol. The molecule has 3 aliphatic heterocycles. The van der Waals surface area contributed by atoms with E-state index in [0.717, 1.165) is 77.2 Å². The SMILES string of the molecule is CC(C)(O)c1cc2nc([C@H]3CC[C@H](CN4CCC(CCNc5cccc6c5C(=O)N(C5CCC(=O)NC5=O)C6=O)CC4)CC3)sc2cc1-n1ccc2ccccc2c1=O. The number of imide groups is 2. The van der Waals surface area contributed by atoms with E-state index in [0.29, 0.717) is 57.7 Å². The van der Waals surface area contributed by atoms with Gasteiger partial charge in [-0.15, -0.1) is 11.3 Å². The van der Waals surface area contributed by atoms with E-state index < -0.39 is 35.3 Å². The number of aromatic nitrogens is 2. The van der Waals surface area contributed by atoms with Gasteiger partial charge < -0.3 is 15.3 Å². The number of aliphatic hydroxyl groups is 1. The lowest BCUT2D eigenvalue weighted by molar-refractivity contribution is -0.136. The van der Waals surface area contributed by atoms with E-state index in [1.165, 1.54) is 12.8 Å². The summed E-state index contributed by atoms with van der Waals surface area (Å²) in [5.41, 5.74) is 2.16. The molecule has 2 aromatic heterocycles. The molecule has 3 aromatic carbocycles. The number of amides is 4. The molecule has 1 atom stereocenters. The zero-order valence-corrected chi connectivity index (χ0v) is 34.4. The van der Waals surface area contributed by atoms with Gasteiger partial charge in [0.2, 0.25) is 11.8 Å². The van der Waals surface area contributed by atoms with Gasteiger partial charge in [0, 0.05) is 48.3 Å². The van der Waals surface area contributed by atoms with E-state index in [1.807, 2.05) is 48.5 Å². The van der Waals surface area contributed by atoms with E-state index in [2.05, 4.69) is 15.5 Å². The maximum atomic E-state index is 13.6. The molecule has 5 heterocycles. The van der Waals surface area contributed by atoms with Crippen molar-refractivity contribution >= 4 is 61.6 Å². The Morgan fingerprint density at radius 1 is 0.881 bits per heavy atom. The van der Waals surface area contributed by atoms with E-state index in [1.54, 1.807) is 48.1 Å². The van der Waals surface area contributed by atoms with Gasteiger partial charge in [0.05, 0.1) is 37.6 Å². The minimum atomic E-state index is -1.17. The molecule has 0 radical (unpaired) electrons. The van der Waals surface area contributed by atoms with Crippen LogP contribution in [0.15, 0.2) is 71.7 Å². The number of nitrogens with one attached hydrogen (secondary N) is 2. The second-order valence-electron chi connectivity index (χ2n) is 17.4. The number of nitrogens with zero attached hydrogens (tertiary/aromatic N) is 4. The standard InChI is InChI=1S/C46H50N6O6S/c1-46(2,58)33-24-35-38(25-37(33)51-23-19-29-6-3-4-7-31(29)43(51)55)59-42(48-35)30-12-10-28(11-13-30)26-50-21-17-27(18-22-50)16-20-47-34-9-5-8-32-40(34)45(57)52(44(32)56)36-14-15-39(53)49-41(36)54/h3-9,19,23-25,27-28,30,36,47,58H,10-18,20-22,26H2,1-2H3,(H,49,53,54)/t28-,30-,36?. The van der Waals surface area contributed by atoms with Gasteiger partial charge in [0.25, 0.3) is 17.4 Å². The van der Waals surface area contributed by atoms with Gasteiger partial charge in [-0.05, 0) is 132 Å². The summed E-state index contributed by atoms with van der Waals surface area (Å²) >= 11 is 1.71. The average molecular weight is 815 g/mol. The summed E-state index contributed by atoms with van der Waals surface area (Å²) in [6.07, 6.45) is 9.77. The van der Waals surface area contributed by atoms with Crippen LogP contribution in [0.3, 0.4) is 0 Å². The molecule has 59 heavy (non-hydrogen) atoms. The molecule has 13 heteroatoms. The quantitative estimate of drug-likeness (QED) is 0.131. The summed E-state index contributed by atoms with van der Waals surface area (Å²) in [6, 6.07) is 17.7. The molecule has 306 valence electrons. The van der Waals surface area contributed by atoms with Crippen LogP contribution in [0.25, 0.3) is 26.7 Å². The van der Waals surface area contributed by atoms with E-state index in [4.69, 9.17) is 4.98 Å². The summed E-state index contributed by atoms with van der Waals surface area (Å²) in [4.78, 5) is 73.2. The summed E-state index contributed by atoms with van der Waals surface area (Å²) in [5.74, 6) is -0.347. The van der Waals surface area contributed by atoms with Crippen LogP contribution in [0.4, 0.5) is 5.69 Å². The smallest absolute Gasteiger partial charge is 0.264 e. The first kappa shape index (κ1) is 39.2. The molecule has 2 saturated heterocycles. The molecule has 0 bridgehead atoms. The van der Waals surface area contributed by atoms with Crippen LogP contribution in [0.5, 0.6) is 0 Å².